The summed E-state index contributed by atoms with van der Waals surface area (Å²) < 4.78 is 5.30. The van der Waals surface area contributed by atoms with Crippen LogP contribution >= 0.6 is 0 Å². The first-order valence-corrected chi connectivity index (χ1v) is 8.83. The van der Waals surface area contributed by atoms with Gasteiger partial charge in [-0.3, -0.25) is 4.79 Å². The maximum Gasteiger partial charge on any atom is 0.226 e. The van der Waals surface area contributed by atoms with Gasteiger partial charge in [-0.25, -0.2) is 0 Å². The SMILES string of the molecule is COc1cccc(CC(NC(=O)C2CCCC2O)c2ccccc2)c1. The summed E-state index contributed by atoms with van der Waals surface area (Å²) in [6, 6.07) is 17.7. The highest BCUT2D eigenvalue weighted by molar-refractivity contribution is 5.80. The Hall–Kier alpha value is -2.33. The first kappa shape index (κ1) is 17.5. The molecule has 0 spiro atoms. The zero-order valence-corrected chi connectivity index (χ0v) is 14.5. The third-order valence-corrected chi connectivity index (χ3v) is 4.91. The van der Waals surface area contributed by atoms with Gasteiger partial charge in [0.1, 0.15) is 5.75 Å². The van der Waals surface area contributed by atoms with E-state index in [1.165, 1.54) is 0 Å². The first-order chi connectivity index (χ1) is 12.2. The summed E-state index contributed by atoms with van der Waals surface area (Å²) in [6.07, 6.45) is 2.53. The average Bonchev–Trinajstić information content (AvgIpc) is 3.08. The Bertz CT molecular complexity index is 701. The Morgan fingerprint density at radius 1 is 1.20 bits per heavy atom. The molecule has 0 aliphatic heterocycles. The zero-order valence-electron chi connectivity index (χ0n) is 14.5. The van der Waals surface area contributed by atoms with Crippen LogP contribution in [-0.4, -0.2) is 24.2 Å². The number of amides is 1. The summed E-state index contributed by atoms with van der Waals surface area (Å²) in [7, 11) is 1.65. The molecular weight excluding hydrogens is 314 g/mol. The predicted molar refractivity (Wildman–Crippen MR) is 97.4 cm³/mol. The van der Waals surface area contributed by atoms with Crippen LogP contribution in [0.4, 0.5) is 0 Å². The number of methoxy groups -OCH3 is 1. The Kier molecular flexibility index (Phi) is 5.71. The van der Waals surface area contributed by atoms with E-state index in [2.05, 4.69) is 5.32 Å². The number of benzene rings is 2. The van der Waals surface area contributed by atoms with Crippen molar-refractivity contribution in [2.24, 2.45) is 5.92 Å². The molecule has 0 aromatic heterocycles. The molecule has 0 saturated heterocycles. The van der Waals surface area contributed by atoms with Crippen LogP contribution in [-0.2, 0) is 11.2 Å². The second-order valence-electron chi connectivity index (χ2n) is 6.63. The number of hydrogen-bond acceptors (Lipinski definition) is 3. The molecule has 0 heterocycles. The number of hydrogen-bond donors (Lipinski definition) is 2. The van der Waals surface area contributed by atoms with E-state index in [1.807, 2.05) is 54.6 Å². The fourth-order valence-electron chi connectivity index (χ4n) is 3.50. The minimum atomic E-state index is -0.520. The standard InChI is InChI=1S/C21H25NO3/c1-25-17-10-5-7-15(13-17)14-19(16-8-3-2-4-9-16)22-21(24)18-11-6-12-20(18)23/h2-5,7-10,13,18-20,23H,6,11-12,14H2,1H3,(H,22,24). The molecule has 1 fully saturated rings. The van der Waals surface area contributed by atoms with Gasteiger partial charge in [0.25, 0.3) is 0 Å². The van der Waals surface area contributed by atoms with E-state index in [-0.39, 0.29) is 17.9 Å². The molecule has 0 radical (unpaired) electrons. The Morgan fingerprint density at radius 2 is 2.00 bits per heavy atom. The van der Waals surface area contributed by atoms with Crippen LogP contribution in [0.5, 0.6) is 5.75 Å². The number of aliphatic hydroxyl groups excluding tert-OH is 1. The molecule has 1 amide bonds. The number of aliphatic hydroxyl groups is 1. The number of rotatable bonds is 6. The van der Waals surface area contributed by atoms with Gasteiger partial charge >= 0.3 is 0 Å². The van der Waals surface area contributed by atoms with E-state index >= 15 is 0 Å². The summed E-state index contributed by atoms with van der Waals surface area (Å²) >= 11 is 0. The fourth-order valence-corrected chi connectivity index (χ4v) is 3.50. The maximum absolute atomic E-state index is 12.7. The smallest absolute Gasteiger partial charge is 0.226 e. The highest BCUT2D eigenvalue weighted by atomic mass is 16.5. The van der Waals surface area contributed by atoms with Crippen LogP contribution in [0.25, 0.3) is 0 Å². The zero-order chi connectivity index (χ0) is 17.6. The quantitative estimate of drug-likeness (QED) is 0.849. The van der Waals surface area contributed by atoms with E-state index in [4.69, 9.17) is 4.74 Å². The second-order valence-corrected chi connectivity index (χ2v) is 6.63. The van der Waals surface area contributed by atoms with Gasteiger partial charge in [0.15, 0.2) is 0 Å². The molecule has 1 aliphatic rings. The Morgan fingerprint density at radius 3 is 2.68 bits per heavy atom. The minimum Gasteiger partial charge on any atom is -0.497 e. The monoisotopic (exact) mass is 339 g/mol. The van der Waals surface area contributed by atoms with Gasteiger partial charge in [0.2, 0.25) is 5.91 Å². The van der Waals surface area contributed by atoms with Crippen molar-refractivity contribution in [2.75, 3.05) is 7.11 Å². The lowest BCUT2D eigenvalue weighted by Gasteiger charge is -2.23. The van der Waals surface area contributed by atoms with Gasteiger partial charge in [-0.05, 0) is 48.9 Å². The summed E-state index contributed by atoms with van der Waals surface area (Å²) in [4.78, 5) is 12.7. The highest BCUT2D eigenvalue weighted by Crippen LogP contribution is 2.27. The van der Waals surface area contributed by atoms with Crippen LogP contribution in [0.2, 0.25) is 0 Å². The highest BCUT2D eigenvalue weighted by Gasteiger charge is 2.32. The average molecular weight is 339 g/mol. The van der Waals surface area contributed by atoms with E-state index in [9.17, 15) is 9.90 Å². The third kappa shape index (κ3) is 4.40. The molecule has 25 heavy (non-hydrogen) atoms. The minimum absolute atomic E-state index is 0.0539. The van der Waals surface area contributed by atoms with E-state index in [0.717, 1.165) is 29.7 Å². The van der Waals surface area contributed by atoms with Crippen LogP contribution in [0, 0.1) is 5.92 Å². The van der Waals surface area contributed by atoms with Crippen molar-refractivity contribution >= 4 is 5.91 Å². The van der Waals surface area contributed by atoms with Crippen molar-refractivity contribution < 1.29 is 14.6 Å². The van der Waals surface area contributed by atoms with Gasteiger partial charge in [-0.1, -0.05) is 42.5 Å². The number of carbonyl (C=O) groups is 1. The van der Waals surface area contributed by atoms with Gasteiger partial charge in [-0.15, -0.1) is 0 Å². The van der Waals surface area contributed by atoms with Gasteiger partial charge in [0, 0.05) is 0 Å². The van der Waals surface area contributed by atoms with Crippen molar-refractivity contribution in [1.29, 1.82) is 0 Å². The third-order valence-electron chi connectivity index (χ3n) is 4.91. The van der Waals surface area contributed by atoms with Crippen LogP contribution in [0.15, 0.2) is 54.6 Å². The van der Waals surface area contributed by atoms with Crippen molar-refractivity contribution in [3.05, 3.63) is 65.7 Å². The number of nitrogens with one attached hydrogen (secondary N) is 1. The largest absolute Gasteiger partial charge is 0.497 e. The number of ether oxygens (including phenoxy) is 1. The molecule has 3 rings (SSSR count). The van der Waals surface area contributed by atoms with Gasteiger partial charge < -0.3 is 15.2 Å². The summed E-state index contributed by atoms with van der Waals surface area (Å²) in [6.45, 7) is 0. The van der Waals surface area contributed by atoms with E-state index in [0.29, 0.717) is 12.8 Å². The lowest BCUT2D eigenvalue weighted by atomic mass is 9.97. The molecule has 4 heteroatoms. The Balaban J connectivity index is 1.79. The Labute approximate surface area is 148 Å². The molecular formula is C21H25NO3. The topological polar surface area (TPSA) is 58.6 Å². The van der Waals surface area contributed by atoms with E-state index in [1.54, 1.807) is 7.11 Å². The molecule has 1 aliphatic carbocycles. The molecule has 2 aromatic carbocycles. The van der Waals surface area contributed by atoms with Gasteiger partial charge in [0.05, 0.1) is 25.2 Å². The van der Waals surface area contributed by atoms with Crippen LogP contribution in [0.1, 0.15) is 36.4 Å². The lowest BCUT2D eigenvalue weighted by Crippen LogP contribution is -2.38. The second kappa shape index (κ2) is 8.17. The summed E-state index contributed by atoms with van der Waals surface area (Å²) in [5, 5.41) is 13.2. The molecule has 2 N–H and O–H groups in total. The summed E-state index contributed by atoms with van der Waals surface area (Å²) in [5.41, 5.74) is 2.16. The normalized spacial score (nSPS) is 20.9. The molecule has 0 bridgehead atoms. The van der Waals surface area contributed by atoms with Crippen molar-refractivity contribution in [1.82, 2.24) is 5.32 Å². The maximum atomic E-state index is 12.7. The van der Waals surface area contributed by atoms with Crippen LogP contribution in [0.3, 0.4) is 0 Å². The molecule has 3 atom stereocenters. The fraction of sp³-hybridized carbons (Fsp3) is 0.381. The molecule has 1 saturated carbocycles. The van der Waals surface area contributed by atoms with Crippen molar-refractivity contribution in [2.45, 2.75) is 37.8 Å². The molecule has 4 nitrogen and oxygen atoms in total. The van der Waals surface area contributed by atoms with Gasteiger partial charge in [-0.2, -0.15) is 0 Å². The van der Waals surface area contributed by atoms with Crippen molar-refractivity contribution in [3.8, 4) is 5.75 Å². The van der Waals surface area contributed by atoms with Crippen molar-refractivity contribution in [3.63, 3.8) is 0 Å². The lowest BCUT2D eigenvalue weighted by molar-refractivity contribution is -0.128. The number of carbonyl (C=O) groups excluding carboxylic acids is 1. The van der Waals surface area contributed by atoms with E-state index < -0.39 is 6.10 Å². The predicted octanol–water partition coefficient (Wildman–Crippen LogP) is 3.26. The molecule has 132 valence electrons. The van der Waals surface area contributed by atoms with Crippen LogP contribution < -0.4 is 10.1 Å². The summed E-state index contributed by atoms with van der Waals surface area (Å²) in [5.74, 6) is 0.458. The molecule has 2 aromatic rings. The molecule has 3 unspecified atom stereocenters. The first-order valence-electron chi connectivity index (χ1n) is 8.83.